The molecule has 20 heavy (non-hydrogen) atoms. The van der Waals surface area contributed by atoms with E-state index in [2.05, 4.69) is 38.4 Å². The van der Waals surface area contributed by atoms with Gasteiger partial charge in [0, 0.05) is 32.9 Å². The summed E-state index contributed by atoms with van der Waals surface area (Å²) in [6.45, 7) is 0. The standard InChI is InChI=1S/C14H15BrClN3S/c1-18-13(12-6-10(16)7-19-14(12)17)8-20-11-4-2-9(15)3-5-11/h2-7,13,18H,8H2,1H3,(H2,17,19). The predicted octanol–water partition coefficient (Wildman–Crippen LogP) is 4.13. The molecule has 0 aliphatic rings. The first-order valence-corrected chi connectivity index (χ1v) is 8.22. The van der Waals surface area contributed by atoms with Gasteiger partial charge < -0.3 is 11.1 Å². The van der Waals surface area contributed by atoms with Gasteiger partial charge >= 0.3 is 0 Å². The number of nitrogens with two attached hydrogens (primary N) is 1. The Labute approximate surface area is 136 Å². The summed E-state index contributed by atoms with van der Waals surface area (Å²) in [6, 6.07) is 10.2. The minimum Gasteiger partial charge on any atom is -0.383 e. The van der Waals surface area contributed by atoms with Gasteiger partial charge in [0.15, 0.2) is 0 Å². The molecule has 2 rings (SSSR count). The summed E-state index contributed by atoms with van der Waals surface area (Å²) in [5.41, 5.74) is 6.86. The third kappa shape index (κ3) is 4.12. The molecule has 3 nitrogen and oxygen atoms in total. The number of nitrogens with zero attached hydrogens (tertiary/aromatic N) is 1. The second-order valence-corrected chi connectivity index (χ2v) is 6.68. The van der Waals surface area contributed by atoms with Crippen molar-refractivity contribution < 1.29 is 0 Å². The molecule has 1 unspecified atom stereocenters. The molecule has 1 aromatic carbocycles. The summed E-state index contributed by atoms with van der Waals surface area (Å²) in [5.74, 6) is 1.37. The van der Waals surface area contributed by atoms with Gasteiger partial charge in [0.1, 0.15) is 5.82 Å². The molecule has 0 radical (unpaired) electrons. The van der Waals surface area contributed by atoms with Crippen LogP contribution in [0.1, 0.15) is 11.6 Å². The Morgan fingerprint density at radius 1 is 1.40 bits per heavy atom. The van der Waals surface area contributed by atoms with Crippen LogP contribution in [0.25, 0.3) is 0 Å². The molecular weight excluding hydrogens is 358 g/mol. The van der Waals surface area contributed by atoms with Crippen molar-refractivity contribution in [2.24, 2.45) is 0 Å². The molecule has 6 heteroatoms. The second-order valence-electron chi connectivity index (χ2n) is 4.23. The van der Waals surface area contributed by atoms with E-state index >= 15 is 0 Å². The lowest BCUT2D eigenvalue weighted by Crippen LogP contribution is -2.20. The summed E-state index contributed by atoms with van der Waals surface area (Å²) in [7, 11) is 1.91. The van der Waals surface area contributed by atoms with E-state index in [-0.39, 0.29) is 6.04 Å². The van der Waals surface area contributed by atoms with Gasteiger partial charge in [0.05, 0.1) is 5.02 Å². The maximum Gasteiger partial charge on any atom is 0.128 e. The van der Waals surface area contributed by atoms with Crippen LogP contribution in [0.2, 0.25) is 5.02 Å². The van der Waals surface area contributed by atoms with E-state index in [4.69, 9.17) is 17.3 Å². The molecule has 0 aliphatic carbocycles. The van der Waals surface area contributed by atoms with Crippen molar-refractivity contribution in [2.75, 3.05) is 18.5 Å². The Morgan fingerprint density at radius 3 is 2.75 bits per heavy atom. The average molecular weight is 373 g/mol. The SMILES string of the molecule is CNC(CSc1ccc(Br)cc1)c1cc(Cl)cnc1N. The van der Waals surface area contributed by atoms with Crippen molar-refractivity contribution >= 4 is 45.1 Å². The van der Waals surface area contributed by atoms with E-state index in [1.807, 2.05) is 25.2 Å². The Bertz CT molecular complexity index is 577. The molecule has 0 aliphatic heterocycles. The first-order valence-electron chi connectivity index (χ1n) is 6.06. The molecule has 3 N–H and O–H groups in total. The highest BCUT2D eigenvalue weighted by Crippen LogP contribution is 2.28. The van der Waals surface area contributed by atoms with E-state index < -0.39 is 0 Å². The quantitative estimate of drug-likeness (QED) is 0.775. The molecule has 1 heterocycles. The Morgan fingerprint density at radius 2 is 2.10 bits per heavy atom. The van der Waals surface area contributed by atoms with Crippen LogP contribution in [-0.2, 0) is 0 Å². The molecule has 0 amide bonds. The number of halogens is 2. The van der Waals surface area contributed by atoms with E-state index in [1.165, 1.54) is 4.90 Å². The van der Waals surface area contributed by atoms with Gasteiger partial charge in [-0.3, -0.25) is 0 Å². The van der Waals surface area contributed by atoms with Crippen LogP contribution >= 0.6 is 39.3 Å². The fourth-order valence-corrected chi connectivity index (χ4v) is 3.25. The fraction of sp³-hybridized carbons (Fsp3) is 0.214. The van der Waals surface area contributed by atoms with Crippen molar-refractivity contribution in [3.05, 3.63) is 51.6 Å². The molecule has 1 atom stereocenters. The smallest absolute Gasteiger partial charge is 0.128 e. The van der Waals surface area contributed by atoms with Crippen molar-refractivity contribution in [1.29, 1.82) is 0 Å². The first kappa shape index (κ1) is 15.6. The highest BCUT2D eigenvalue weighted by molar-refractivity contribution is 9.10. The molecule has 0 fully saturated rings. The largest absolute Gasteiger partial charge is 0.383 e. The van der Waals surface area contributed by atoms with Crippen LogP contribution in [0, 0.1) is 0 Å². The second kappa shape index (κ2) is 7.31. The van der Waals surface area contributed by atoms with E-state index in [0.717, 1.165) is 15.8 Å². The van der Waals surface area contributed by atoms with Crippen LogP contribution < -0.4 is 11.1 Å². The molecule has 106 valence electrons. The number of rotatable bonds is 5. The lowest BCUT2D eigenvalue weighted by atomic mass is 10.1. The monoisotopic (exact) mass is 371 g/mol. The molecule has 1 aromatic heterocycles. The van der Waals surface area contributed by atoms with Gasteiger partial charge in [-0.2, -0.15) is 0 Å². The van der Waals surface area contributed by atoms with E-state index in [9.17, 15) is 0 Å². The predicted molar refractivity (Wildman–Crippen MR) is 90.3 cm³/mol. The molecule has 0 bridgehead atoms. The minimum absolute atomic E-state index is 0.106. The lowest BCUT2D eigenvalue weighted by molar-refractivity contribution is 0.661. The number of hydrogen-bond acceptors (Lipinski definition) is 4. The normalized spacial score (nSPS) is 12.3. The van der Waals surface area contributed by atoms with Crippen LogP contribution in [0.15, 0.2) is 45.9 Å². The number of thioether (sulfide) groups is 1. The van der Waals surface area contributed by atoms with Gasteiger partial charge in [-0.15, -0.1) is 11.8 Å². The highest BCUT2D eigenvalue weighted by Gasteiger charge is 2.14. The number of benzene rings is 1. The summed E-state index contributed by atoms with van der Waals surface area (Å²) in [6.07, 6.45) is 1.56. The molecule has 0 saturated heterocycles. The Kier molecular flexibility index (Phi) is 5.72. The number of nitrogens with one attached hydrogen (secondary N) is 1. The van der Waals surface area contributed by atoms with Crippen molar-refractivity contribution in [2.45, 2.75) is 10.9 Å². The van der Waals surface area contributed by atoms with Crippen LogP contribution in [-0.4, -0.2) is 17.8 Å². The molecule has 0 spiro atoms. The molecule has 0 saturated carbocycles. The van der Waals surface area contributed by atoms with Crippen molar-refractivity contribution in [1.82, 2.24) is 10.3 Å². The summed E-state index contributed by atoms with van der Waals surface area (Å²) in [5, 5.41) is 3.86. The summed E-state index contributed by atoms with van der Waals surface area (Å²) < 4.78 is 1.08. The van der Waals surface area contributed by atoms with Crippen LogP contribution in [0.3, 0.4) is 0 Å². The van der Waals surface area contributed by atoms with E-state index in [1.54, 1.807) is 18.0 Å². The minimum atomic E-state index is 0.106. The average Bonchev–Trinajstić information content (AvgIpc) is 2.45. The third-order valence-corrected chi connectivity index (χ3v) is 4.71. The zero-order valence-electron chi connectivity index (χ0n) is 10.9. The Balaban J connectivity index is 2.09. The maximum atomic E-state index is 5.99. The van der Waals surface area contributed by atoms with Gasteiger partial charge in [-0.05, 0) is 37.4 Å². The molecule has 2 aromatic rings. The number of hydrogen-bond donors (Lipinski definition) is 2. The highest BCUT2D eigenvalue weighted by atomic mass is 79.9. The van der Waals surface area contributed by atoms with Gasteiger partial charge in [0.2, 0.25) is 0 Å². The topological polar surface area (TPSA) is 50.9 Å². The van der Waals surface area contributed by atoms with Gasteiger partial charge in [0.25, 0.3) is 0 Å². The fourth-order valence-electron chi connectivity index (χ4n) is 1.78. The van der Waals surface area contributed by atoms with Gasteiger partial charge in [-0.25, -0.2) is 4.98 Å². The molecular formula is C14H15BrClN3S. The number of pyridine rings is 1. The van der Waals surface area contributed by atoms with Crippen LogP contribution in [0.4, 0.5) is 5.82 Å². The van der Waals surface area contributed by atoms with Gasteiger partial charge in [-0.1, -0.05) is 27.5 Å². The zero-order valence-corrected chi connectivity index (χ0v) is 14.1. The van der Waals surface area contributed by atoms with Crippen LogP contribution in [0.5, 0.6) is 0 Å². The van der Waals surface area contributed by atoms with E-state index in [0.29, 0.717) is 10.8 Å². The summed E-state index contributed by atoms with van der Waals surface area (Å²) >= 11 is 11.2. The first-order chi connectivity index (χ1) is 9.60. The number of aromatic nitrogens is 1. The zero-order chi connectivity index (χ0) is 14.5. The van der Waals surface area contributed by atoms with Crippen molar-refractivity contribution in [3.8, 4) is 0 Å². The lowest BCUT2D eigenvalue weighted by Gasteiger charge is -2.18. The maximum absolute atomic E-state index is 5.99. The number of nitrogen functional groups attached to an aromatic ring is 1. The van der Waals surface area contributed by atoms with Crippen molar-refractivity contribution in [3.63, 3.8) is 0 Å². The summed E-state index contributed by atoms with van der Waals surface area (Å²) in [4.78, 5) is 5.31. The number of anilines is 1. The third-order valence-electron chi connectivity index (χ3n) is 2.87. The Hall–Kier alpha value is -0.750.